The van der Waals surface area contributed by atoms with Crippen molar-refractivity contribution in [3.63, 3.8) is 0 Å². The number of aryl methyl sites for hydroxylation is 1. The molecule has 0 radical (unpaired) electrons. The molecule has 3 N–H and O–H groups in total. The van der Waals surface area contributed by atoms with Crippen molar-refractivity contribution in [2.75, 3.05) is 10.6 Å². The number of hydrogen-bond acceptors (Lipinski definition) is 4. The van der Waals surface area contributed by atoms with E-state index in [-0.39, 0.29) is 10.8 Å². The summed E-state index contributed by atoms with van der Waals surface area (Å²) in [5, 5.41) is 5.49. The van der Waals surface area contributed by atoms with Crippen LogP contribution in [0, 0.1) is 0 Å². The third-order valence-electron chi connectivity index (χ3n) is 4.99. The number of benzene rings is 3. The van der Waals surface area contributed by atoms with Crippen LogP contribution < -0.4 is 15.4 Å². The summed E-state index contributed by atoms with van der Waals surface area (Å²) in [6.07, 6.45) is 0.761. The van der Waals surface area contributed by atoms with E-state index in [0.29, 0.717) is 29.8 Å². The molecule has 0 unspecified atom stereocenters. The van der Waals surface area contributed by atoms with Gasteiger partial charge in [-0.3, -0.25) is 9.59 Å². The second-order valence-electron chi connectivity index (χ2n) is 7.19. The van der Waals surface area contributed by atoms with Crippen LogP contribution in [0.2, 0.25) is 0 Å². The Morgan fingerprint density at radius 1 is 0.903 bits per heavy atom. The van der Waals surface area contributed by atoms with Gasteiger partial charge in [0.15, 0.2) is 0 Å². The summed E-state index contributed by atoms with van der Waals surface area (Å²) in [4.78, 5) is 24.6. The van der Waals surface area contributed by atoms with Crippen molar-refractivity contribution in [3.8, 4) is 0 Å². The van der Waals surface area contributed by atoms with Crippen LogP contribution in [-0.2, 0) is 26.0 Å². The van der Waals surface area contributed by atoms with Gasteiger partial charge in [-0.2, -0.15) is 4.72 Å². The average molecular weight is 436 g/mol. The van der Waals surface area contributed by atoms with Crippen LogP contribution in [0.1, 0.15) is 23.6 Å². The molecule has 0 fully saturated rings. The largest absolute Gasteiger partial charge is 0.326 e. The predicted octanol–water partition coefficient (Wildman–Crippen LogP) is 3.23. The van der Waals surface area contributed by atoms with Crippen molar-refractivity contribution in [3.05, 3.63) is 90.0 Å². The van der Waals surface area contributed by atoms with Gasteiger partial charge in [0.1, 0.15) is 6.04 Å². The van der Waals surface area contributed by atoms with Gasteiger partial charge in [-0.1, -0.05) is 48.5 Å². The highest BCUT2D eigenvalue weighted by Crippen LogP contribution is 2.27. The summed E-state index contributed by atoms with van der Waals surface area (Å²) in [6.45, 7) is 0. The van der Waals surface area contributed by atoms with E-state index in [1.54, 1.807) is 60.7 Å². The minimum atomic E-state index is -4.02. The number of carbonyl (C=O) groups is 2. The Hall–Kier alpha value is -3.49. The first-order chi connectivity index (χ1) is 14.9. The number of carbonyl (C=O) groups excluding carboxylic acids is 2. The average Bonchev–Trinajstić information content (AvgIpc) is 2.78. The van der Waals surface area contributed by atoms with Crippen LogP contribution in [0.4, 0.5) is 11.4 Å². The van der Waals surface area contributed by atoms with Crippen molar-refractivity contribution < 1.29 is 18.0 Å². The van der Waals surface area contributed by atoms with Gasteiger partial charge in [0.25, 0.3) is 0 Å². The fraction of sp³-hybridized carbons (Fsp3) is 0.130. The monoisotopic (exact) mass is 435 g/mol. The Labute approximate surface area is 180 Å². The van der Waals surface area contributed by atoms with Gasteiger partial charge in [0, 0.05) is 17.8 Å². The lowest BCUT2D eigenvalue weighted by atomic mass is 10.0. The fourth-order valence-electron chi connectivity index (χ4n) is 3.40. The molecule has 0 aliphatic carbocycles. The van der Waals surface area contributed by atoms with E-state index in [1.807, 2.05) is 6.07 Å². The van der Waals surface area contributed by atoms with Gasteiger partial charge in [0.2, 0.25) is 21.8 Å². The second-order valence-corrected chi connectivity index (χ2v) is 8.90. The predicted molar refractivity (Wildman–Crippen MR) is 118 cm³/mol. The molecule has 0 aromatic heterocycles. The summed E-state index contributed by atoms with van der Waals surface area (Å²) >= 11 is 0. The van der Waals surface area contributed by atoms with Crippen LogP contribution in [0.5, 0.6) is 0 Å². The highest BCUT2D eigenvalue weighted by atomic mass is 32.2. The molecule has 1 atom stereocenters. The highest BCUT2D eigenvalue weighted by molar-refractivity contribution is 7.89. The molecule has 1 heterocycles. The Kier molecular flexibility index (Phi) is 5.83. The van der Waals surface area contributed by atoms with Gasteiger partial charge in [0.05, 0.1) is 4.90 Å². The quantitative estimate of drug-likeness (QED) is 0.553. The summed E-state index contributed by atoms with van der Waals surface area (Å²) < 4.78 is 28.8. The van der Waals surface area contributed by atoms with Crippen LogP contribution in [0.15, 0.2) is 83.8 Å². The van der Waals surface area contributed by atoms with Gasteiger partial charge >= 0.3 is 0 Å². The molecule has 7 nitrogen and oxygen atoms in total. The third-order valence-corrected chi connectivity index (χ3v) is 6.41. The maximum absolute atomic E-state index is 13.1. The van der Waals surface area contributed by atoms with Crippen LogP contribution in [-0.4, -0.2) is 20.2 Å². The first-order valence-electron chi connectivity index (χ1n) is 9.78. The lowest BCUT2D eigenvalue weighted by Gasteiger charge is -2.21. The van der Waals surface area contributed by atoms with E-state index in [2.05, 4.69) is 15.4 Å². The van der Waals surface area contributed by atoms with E-state index in [9.17, 15) is 18.0 Å². The Morgan fingerprint density at radius 3 is 2.29 bits per heavy atom. The number of fused-ring (bicyclic) bond motifs is 1. The molecular formula is C23H21N3O4S. The normalized spacial score (nSPS) is 14.3. The van der Waals surface area contributed by atoms with E-state index in [0.717, 1.165) is 5.56 Å². The molecule has 31 heavy (non-hydrogen) atoms. The summed E-state index contributed by atoms with van der Waals surface area (Å²) in [5.74, 6) is -0.589. The van der Waals surface area contributed by atoms with Gasteiger partial charge in [-0.05, 0) is 47.9 Å². The maximum Gasteiger partial charge on any atom is 0.247 e. The second kappa shape index (κ2) is 8.71. The summed E-state index contributed by atoms with van der Waals surface area (Å²) in [7, 11) is -4.02. The zero-order valence-corrected chi connectivity index (χ0v) is 17.4. The van der Waals surface area contributed by atoms with Crippen molar-refractivity contribution in [1.29, 1.82) is 0 Å². The topological polar surface area (TPSA) is 104 Å². The van der Waals surface area contributed by atoms with Crippen molar-refractivity contribution in [2.45, 2.75) is 23.8 Å². The zero-order chi connectivity index (χ0) is 21.8. The molecule has 0 bridgehead atoms. The number of amides is 2. The first kappa shape index (κ1) is 20.8. The Bertz CT molecular complexity index is 1210. The minimum Gasteiger partial charge on any atom is -0.326 e. The molecular weight excluding hydrogens is 414 g/mol. The molecule has 2 amide bonds. The molecule has 158 valence electrons. The summed E-state index contributed by atoms with van der Waals surface area (Å²) in [5.41, 5.74) is 2.44. The van der Waals surface area contributed by atoms with Crippen molar-refractivity contribution >= 4 is 33.2 Å². The SMILES string of the molecule is O=C1CCc2cc(S(=O)(=O)N[C@@H](C(=O)Nc3ccccc3)c3ccccc3)ccc2N1. The van der Waals surface area contributed by atoms with Crippen molar-refractivity contribution in [2.24, 2.45) is 0 Å². The molecule has 1 aliphatic heterocycles. The third kappa shape index (κ3) is 4.82. The number of rotatable bonds is 6. The maximum atomic E-state index is 13.1. The Morgan fingerprint density at radius 2 is 1.58 bits per heavy atom. The lowest BCUT2D eigenvalue weighted by molar-refractivity contribution is -0.118. The van der Waals surface area contributed by atoms with Crippen LogP contribution in [0.25, 0.3) is 0 Å². The molecule has 4 rings (SSSR count). The molecule has 8 heteroatoms. The number of para-hydroxylation sites is 1. The molecule has 0 saturated heterocycles. The molecule has 0 saturated carbocycles. The summed E-state index contributed by atoms with van der Waals surface area (Å²) in [6, 6.07) is 20.9. The standard InChI is InChI=1S/C23H21N3O4S/c27-21-14-11-17-15-19(12-13-20(17)25-21)31(29,30)26-22(16-7-3-1-4-8-16)23(28)24-18-9-5-2-6-10-18/h1-10,12-13,15,22,26H,11,14H2,(H,24,28)(H,25,27)/t22-/m1/s1. The minimum absolute atomic E-state index is 0.0378. The lowest BCUT2D eigenvalue weighted by Crippen LogP contribution is -2.37. The van der Waals surface area contributed by atoms with E-state index < -0.39 is 22.0 Å². The Balaban J connectivity index is 1.63. The van der Waals surface area contributed by atoms with E-state index in [4.69, 9.17) is 0 Å². The zero-order valence-electron chi connectivity index (χ0n) is 16.5. The molecule has 0 spiro atoms. The van der Waals surface area contributed by atoms with Crippen LogP contribution >= 0.6 is 0 Å². The number of nitrogens with one attached hydrogen (secondary N) is 3. The number of hydrogen-bond donors (Lipinski definition) is 3. The fourth-order valence-corrected chi connectivity index (χ4v) is 4.64. The van der Waals surface area contributed by atoms with Gasteiger partial charge in [-0.25, -0.2) is 8.42 Å². The van der Waals surface area contributed by atoms with Gasteiger partial charge in [-0.15, -0.1) is 0 Å². The smallest absolute Gasteiger partial charge is 0.247 e. The first-order valence-corrected chi connectivity index (χ1v) is 11.3. The molecule has 1 aliphatic rings. The molecule has 3 aromatic rings. The number of sulfonamides is 1. The highest BCUT2D eigenvalue weighted by Gasteiger charge is 2.28. The van der Waals surface area contributed by atoms with E-state index in [1.165, 1.54) is 12.1 Å². The van der Waals surface area contributed by atoms with Crippen molar-refractivity contribution in [1.82, 2.24) is 4.72 Å². The van der Waals surface area contributed by atoms with Crippen LogP contribution in [0.3, 0.4) is 0 Å². The molecule has 3 aromatic carbocycles. The van der Waals surface area contributed by atoms with Gasteiger partial charge < -0.3 is 10.6 Å². The van der Waals surface area contributed by atoms with E-state index >= 15 is 0 Å². The number of anilines is 2.